The molecule has 24 heavy (non-hydrogen) atoms. The molecule has 0 fully saturated rings. The maximum absolute atomic E-state index is 8.88. The fourth-order valence-electron chi connectivity index (χ4n) is 0. The van der Waals surface area contributed by atoms with Gasteiger partial charge in [-0.3, -0.25) is 0 Å². The van der Waals surface area contributed by atoms with Gasteiger partial charge in [0, 0.05) is 0 Å². The molecule has 0 saturated carbocycles. The molecule has 0 amide bonds. The predicted octanol–water partition coefficient (Wildman–Crippen LogP) is -17.5. The van der Waals surface area contributed by atoms with Crippen LogP contribution in [-0.2, 0) is 9.13 Å². The van der Waals surface area contributed by atoms with Crippen LogP contribution in [0.1, 0.15) is 2.85 Å². The Morgan fingerprint density at radius 2 is 0.375 bits per heavy atom. The van der Waals surface area contributed by atoms with E-state index in [1.54, 1.807) is 0 Å². The SMILES string of the molecule is O.O.O.O.O.O.O.O.O.O.O.O.O=P(O)(O)O.O=P(O)(O)O.[H-].[H-].[Na+].[Na+]. The van der Waals surface area contributed by atoms with Crippen molar-refractivity contribution in [2.75, 3.05) is 0 Å². The van der Waals surface area contributed by atoms with Crippen LogP contribution in [0.5, 0.6) is 0 Å². The molecule has 0 heterocycles. The molecule has 0 aromatic heterocycles. The van der Waals surface area contributed by atoms with E-state index in [9.17, 15) is 0 Å². The third kappa shape index (κ3) is 4050. The van der Waals surface area contributed by atoms with Crippen LogP contribution in [0, 0.1) is 0 Å². The molecule has 0 aliphatic heterocycles. The van der Waals surface area contributed by atoms with Gasteiger partial charge in [0.25, 0.3) is 0 Å². The van der Waals surface area contributed by atoms with E-state index in [4.69, 9.17) is 38.5 Å². The van der Waals surface area contributed by atoms with Crippen molar-refractivity contribution < 1.29 is 166 Å². The van der Waals surface area contributed by atoms with Gasteiger partial charge in [0.05, 0.1) is 0 Å². The van der Waals surface area contributed by atoms with Crippen LogP contribution in [0.4, 0.5) is 0 Å². The van der Waals surface area contributed by atoms with Crippen molar-refractivity contribution >= 4 is 15.6 Å². The fraction of sp³-hybridized carbons (Fsp3) is 0. The van der Waals surface area contributed by atoms with Gasteiger partial charge in [0.1, 0.15) is 0 Å². The standard InChI is InChI=1S/2Na.2H3O4P.12H2O.2H/c;;2*1-5(2,3)4;;;;;;;;;;;;;;/h;;2*(H3,1,2,3,4);12*1H2;;/q2*+1;;;;;;;;;;;;;;;2*-1. The quantitative estimate of drug-likeness (QED) is 0.148. The molecule has 164 valence electrons. The molecule has 0 aliphatic rings. The first kappa shape index (κ1) is 166. The molecular formula is H32Na2O20P2. The van der Waals surface area contributed by atoms with E-state index in [-0.39, 0.29) is 128 Å². The van der Waals surface area contributed by atoms with Crippen molar-refractivity contribution in [1.82, 2.24) is 0 Å². The Balaban J connectivity index is -0.00000000190. The minimum Gasteiger partial charge on any atom is -1.00 e. The van der Waals surface area contributed by atoms with Crippen LogP contribution in [0.25, 0.3) is 0 Å². The second-order valence-electron chi connectivity index (χ2n) is 1.03. The molecule has 0 aliphatic carbocycles. The normalized spacial score (nSPS) is 4.92. The molecule has 0 saturated heterocycles. The topological polar surface area (TPSA) is 534 Å². The maximum atomic E-state index is 8.88. The van der Waals surface area contributed by atoms with E-state index in [1.807, 2.05) is 0 Å². The third-order valence-corrected chi connectivity index (χ3v) is 0. The maximum Gasteiger partial charge on any atom is 1.00 e. The van der Waals surface area contributed by atoms with E-state index in [0.717, 1.165) is 0 Å². The summed E-state index contributed by atoms with van der Waals surface area (Å²) in [5.74, 6) is 0. The van der Waals surface area contributed by atoms with Crippen LogP contribution in [0.3, 0.4) is 0 Å². The Bertz CT molecular complexity index is 142. The average Bonchev–Trinajstić information content (AvgIpc) is 1.12. The Kier molecular flexibility index (Phi) is 511. The molecule has 20 nitrogen and oxygen atoms in total. The van der Waals surface area contributed by atoms with Crippen LogP contribution in [0.15, 0.2) is 0 Å². The molecule has 0 aromatic rings. The summed E-state index contributed by atoms with van der Waals surface area (Å²) in [5.41, 5.74) is 0. The largest absolute Gasteiger partial charge is 1.00 e. The van der Waals surface area contributed by atoms with Gasteiger partial charge in [-0.2, -0.15) is 0 Å². The fourth-order valence-corrected chi connectivity index (χ4v) is 0. The van der Waals surface area contributed by atoms with Crippen LogP contribution in [-0.4, -0.2) is 95.1 Å². The molecule has 30 N–H and O–H groups in total. The minimum absolute atomic E-state index is 0. The summed E-state index contributed by atoms with van der Waals surface area (Å²) in [6.45, 7) is 0. The van der Waals surface area contributed by atoms with Crippen molar-refractivity contribution in [2.45, 2.75) is 0 Å². The third-order valence-electron chi connectivity index (χ3n) is 0. The summed E-state index contributed by atoms with van der Waals surface area (Å²) in [6, 6.07) is 0. The Morgan fingerprint density at radius 1 is 0.375 bits per heavy atom. The van der Waals surface area contributed by atoms with Gasteiger partial charge in [-0.1, -0.05) is 0 Å². The summed E-state index contributed by atoms with van der Waals surface area (Å²) in [6.07, 6.45) is 0. The first-order valence-electron chi connectivity index (χ1n) is 1.57. The number of hydrogen-bond donors (Lipinski definition) is 6. The van der Waals surface area contributed by atoms with Crippen molar-refractivity contribution in [3.05, 3.63) is 0 Å². The zero-order valence-corrected chi connectivity index (χ0v) is 18.2. The van der Waals surface area contributed by atoms with Gasteiger partial charge in [0.15, 0.2) is 0 Å². The van der Waals surface area contributed by atoms with Gasteiger partial charge in [-0.15, -0.1) is 0 Å². The van der Waals surface area contributed by atoms with Gasteiger partial charge in [-0.05, 0) is 0 Å². The summed E-state index contributed by atoms with van der Waals surface area (Å²) in [7, 11) is -9.28. The molecule has 0 spiro atoms. The summed E-state index contributed by atoms with van der Waals surface area (Å²) in [5, 5.41) is 0. The minimum atomic E-state index is -4.64. The summed E-state index contributed by atoms with van der Waals surface area (Å²) < 4.78 is 17.8. The van der Waals surface area contributed by atoms with Gasteiger partial charge in [0.2, 0.25) is 0 Å². The smallest absolute Gasteiger partial charge is 1.00 e. The molecule has 0 aromatic carbocycles. The molecule has 0 radical (unpaired) electrons. The predicted molar refractivity (Wildman–Crippen MR) is 74.1 cm³/mol. The first-order valence-corrected chi connectivity index (χ1v) is 4.70. The number of rotatable bonds is 0. The van der Waals surface area contributed by atoms with Crippen molar-refractivity contribution in [2.24, 2.45) is 0 Å². The van der Waals surface area contributed by atoms with E-state index < -0.39 is 15.6 Å². The van der Waals surface area contributed by atoms with Crippen LogP contribution in [0.2, 0.25) is 0 Å². The molecular weight excluding hydrogens is 428 g/mol. The number of hydrogen-bond acceptors (Lipinski definition) is 2. The van der Waals surface area contributed by atoms with Gasteiger partial charge < -0.3 is 97.9 Å². The Morgan fingerprint density at radius 3 is 0.375 bits per heavy atom. The van der Waals surface area contributed by atoms with Crippen LogP contribution < -0.4 is 59.1 Å². The zero-order chi connectivity index (χ0) is 9.00. The van der Waals surface area contributed by atoms with E-state index in [1.165, 1.54) is 0 Å². The second kappa shape index (κ2) is 73.9. The van der Waals surface area contributed by atoms with E-state index in [0.29, 0.717) is 0 Å². The summed E-state index contributed by atoms with van der Waals surface area (Å²) >= 11 is 0. The Hall–Kier alpha value is 1.74. The second-order valence-corrected chi connectivity index (χ2v) is 3.08. The van der Waals surface area contributed by atoms with Crippen molar-refractivity contribution in [3.8, 4) is 0 Å². The summed E-state index contributed by atoms with van der Waals surface area (Å²) in [4.78, 5) is 43.1. The molecule has 0 unspecified atom stereocenters. The van der Waals surface area contributed by atoms with Gasteiger partial charge in [-0.25, -0.2) is 9.13 Å². The monoisotopic (exact) mass is 460 g/mol. The van der Waals surface area contributed by atoms with Crippen LogP contribution >= 0.6 is 15.6 Å². The zero-order valence-electron chi connectivity index (χ0n) is 14.4. The average molecular weight is 460 g/mol. The van der Waals surface area contributed by atoms with Crippen molar-refractivity contribution in [1.29, 1.82) is 0 Å². The van der Waals surface area contributed by atoms with E-state index >= 15 is 0 Å². The molecule has 0 atom stereocenters. The Labute approximate surface area is 181 Å². The van der Waals surface area contributed by atoms with E-state index in [2.05, 4.69) is 0 Å². The molecule has 24 heteroatoms. The molecule has 0 rings (SSSR count). The first-order chi connectivity index (χ1) is 4.00. The van der Waals surface area contributed by atoms with Gasteiger partial charge >= 0.3 is 74.8 Å². The number of phosphoric acid groups is 2. The van der Waals surface area contributed by atoms with Crippen molar-refractivity contribution in [3.63, 3.8) is 0 Å². The molecule has 0 bridgehead atoms.